The molecule has 0 aliphatic heterocycles. The monoisotopic (exact) mass is 249 g/mol. The zero-order valence-corrected chi connectivity index (χ0v) is 9.84. The van der Waals surface area contributed by atoms with E-state index in [9.17, 15) is 5.11 Å². The number of benzene rings is 1. The number of hydrogen-bond acceptors (Lipinski definition) is 3. The molecule has 1 aromatic carbocycles. The van der Waals surface area contributed by atoms with Crippen LogP contribution in [-0.2, 0) is 0 Å². The van der Waals surface area contributed by atoms with Crippen molar-refractivity contribution in [2.45, 2.75) is 6.10 Å². The van der Waals surface area contributed by atoms with Crippen molar-refractivity contribution in [3.05, 3.63) is 59.4 Å². The van der Waals surface area contributed by atoms with E-state index < -0.39 is 6.10 Å². The fourth-order valence-corrected chi connectivity index (χ4v) is 1.57. The molecule has 17 heavy (non-hydrogen) atoms. The van der Waals surface area contributed by atoms with Crippen molar-refractivity contribution in [2.75, 3.05) is 6.61 Å². The molecule has 0 saturated carbocycles. The Kier molecular flexibility index (Phi) is 3.96. The molecule has 3 nitrogen and oxygen atoms in total. The summed E-state index contributed by atoms with van der Waals surface area (Å²) in [6.07, 6.45) is 0.896. The summed E-state index contributed by atoms with van der Waals surface area (Å²) in [6.45, 7) is 0.150. The predicted octanol–water partition coefficient (Wildman–Crippen LogP) is 2.85. The van der Waals surface area contributed by atoms with E-state index in [1.54, 1.807) is 42.6 Å². The lowest BCUT2D eigenvalue weighted by molar-refractivity contribution is 0.104. The van der Waals surface area contributed by atoms with Crippen molar-refractivity contribution < 1.29 is 9.84 Å². The molecule has 0 saturated heterocycles. The summed E-state index contributed by atoms with van der Waals surface area (Å²) >= 11 is 5.82. The average Bonchev–Trinajstić information content (AvgIpc) is 2.37. The summed E-state index contributed by atoms with van der Waals surface area (Å²) in [4.78, 5) is 4.05. The summed E-state index contributed by atoms with van der Waals surface area (Å²) in [5.74, 6) is 0.632. The van der Waals surface area contributed by atoms with E-state index in [2.05, 4.69) is 4.98 Å². The summed E-state index contributed by atoms with van der Waals surface area (Å²) < 4.78 is 5.43. The molecule has 4 heteroatoms. The first-order valence-electron chi connectivity index (χ1n) is 5.23. The Labute approximate surface area is 105 Å². The molecule has 1 N–H and O–H groups in total. The van der Waals surface area contributed by atoms with Crippen LogP contribution in [0.25, 0.3) is 0 Å². The van der Waals surface area contributed by atoms with Gasteiger partial charge in [0.15, 0.2) is 0 Å². The van der Waals surface area contributed by atoms with Gasteiger partial charge < -0.3 is 9.84 Å². The predicted molar refractivity (Wildman–Crippen MR) is 66.1 cm³/mol. The summed E-state index contributed by atoms with van der Waals surface area (Å²) in [5, 5.41) is 10.4. The zero-order chi connectivity index (χ0) is 12.1. The van der Waals surface area contributed by atoms with E-state index in [0.717, 1.165) is 0 Å². The van der Waals surface area contributed by atoms with Gasteiger partial charge in [0.25, 0.3) is 0 Å². The van der Waals surface area contributed by atoms with Gasteiger partial charge >= 0.3 is 0 Å². The molecule has 1 atom stereocenters. The van der Waals surface area contributed by atoms with Crippen molar-refractivity contribution in [3.63, 3.8) is 0 Å². The molecule has 2 rings (SSSR count). The second-order valence-electron chi connectivity index (χ2n) is 3.54. The first-order chi connectivity index (χ1) is 8.25. The second-order valence-corrected chi connectivity index (χ2v) is 3.98. The molecule has 0 fully saturated rings. The van der Waals surface area contributed by atoms with Crippen molar-refractivity contribution in [1.29, 1.82) is 0 Å². The Morgan fingerprint density at radius 2 is 2.12 bits per heavy atom. The minimum absolute atomic E-state index is 0.150. The number of rotatable bonds is 4. The third-order valence-electron chi connectivity index (χ3n) is 2.23. The second kappa shape index (κ2) is 5.66. The van der Waals surface area contributed by atoms with Crippen LogP contribution in [-0.4, -0.2) is 16.7 Å². The lowest BCUT2D eigenvalue weighted by atomic mass is 10.2. The van der Waals surface area contributed by atoms with Gasteiger partial charge in [-0.15, -0.1) is 0 Å². The van der Waals surface area contributed by atoms with Crippen LogP contribution >= 0.6 is 11.6 Å². The van der Waals surface area contributed by atoms with E-state index in [1.165, 1.54) is 0 Å². The standard InChI is InChI=1S/C13H12ClNO2/c14-10-4-3-5-11(8-10)17-9-13(16)12-6-1-2-7-15-12/h1-8,13,16H,9H2. The summed E-state index contributed by atoms with van der Waals surface area (Å²) in [7, 11) is 0. The fraction of sp³-hybridized carbons (Fsp3) is 0.154. The van der Waals surface area contributed by atoms with Crippen molar-refractivity contribution in [2.24, 2.45) is 0 Å². The van der Waals surface area contributed by atoms with Gasteiger partial charge in [-0.2, -0.15) is 0 Å². The fourth-order valence-electron chi connectivity index (χ4n) is 1.39. The van der Waals surface area contributed by atoms with Crippen LogP contribution in [0.1, 0.15) is 11.8 Å². The molecule has 0 spiro atoms. The Morgan fingerprint density at radius 1 is 1.24 bits per heavy atom. The lowest BCUT2D eigenvalue weighted by Crippen LogP contribution is -2.10. The van der Waals surface area contributed by atoms with Crippen LogP contribution in [0.5, 0.6) is 5.75 Å². The number of ether oxygens (including phenoxy) is 1. The van der Waals surface area contributed by atoms with Gasteiger partial charge in [0.1, 0.15) is 18.5 Å². The largest absolute Gasteiger partial charge is 0.490 e. The van der Waals surface area contributed by atoms with E-state index in [4.69, 9.17) is 16.3 Å². The first kappa shape index (κ1) is 11.9. The average molecular weight is 250 g/mol. The Bertz CT molecular complexity index is 476. The quantitative estimate of drug-likeness (QED) is 0.906. The highest BCUT2D eigenvalue weighted by molar-refractivity contribution is 6.30. The molecule has 1 aromatic heterocycles. The van der Waals surface area contributed by atoms with Crippen LogP contribution in [0.15, 0.2) is 48.7 Å². The van der Waals surface area contributed by atoms with Gasteiger partial charge in [-0.1, -0.05) is 23.7 Å². The van der Waals surface area contributed by atoms with Crippen LogP contribution in [0.2, 0.25) is 5.02 Å². The Hall–Kier alpha value is -1.58. The SMILES string of the molecule is OC(COc1cccc(Cl)c1)c1ccccn1. The topological polar surface area (TPSA) is 42.4 Å². The Balaban J connectivity index is 1.95. The molecule has 0 aliphatic carbocycles. The van der Waals surface area contributed by atoms with Crippen molar-refractivity contribution in [1.82, 2.24) is 4.98 Å². The maximum Gasteiger partial charge on any atom is 0.130 e. The maximum atomic E-state index is 9.83. The highest BCUT2D eigenvalue weighted by Crippen LogP contribution is 2.19. The van der Waals surface area contributed by atoms with Gasteiger partial charge in [0.2, 0.25) is 0 Å². The van der Waals surface area contributed by atoms with Gasteiger partial charge in [-0.25, -0.2) is 0 Å². The minimum Gasteiger partial charge on any atom is -0.490 e. The van der Waals surface area contributed by atoms with Gasteiger partial charge in [-0.3, -0.25) is 4.98 Å². The maximum absolute atomic E-state index is 9.83. The third-order valence-corrected chi connectivity index (χ3v) is 2.47. The molecule has 1 unspecified atom stereocenters. The van der Waals surface area contributed by atoms with Crippen LogP contribution < -0.4 is 4.74 Å². The zero-order valence-electron chi connectivity index (χ0n) is 9.08. The number of halogens is 1. The van der Waals surface area contributed by atoms with E-state index in [0.29, 0.717) is 16.5 Å². The number of pyridine rings is 1. The molecule has 0 radical (unpaired) electrons. The van der Waals surface area contributed by atoms with Crippen LogP contribution in [0, 0.1) is 0 Å². The third kappa shape index (κ3) is 3.44. The molecular weight excluding hydrogens is 238 g/mol. The Morgan fingerprint density at radius 3 is 2.82 bits per heavy atom. The van der Waals surface area contributed by atoms with Crippen LogP contribution in [0.4, 0.5) is 0 Å². The molecular formula is C13H12ClNO2. The molecule has 0 aliphatic rings. The number of aliphatic hydroxyl groups excluding tert-OH is 1. The van der Waals surface area contributed by atoms with E-state index in [-0.39, 0.29) is 6.61 Å². The van der Waals surface area contributed by atoms with Gasteiger partial charge in [0, 0.05) is 11.2 Å². The summed E-state index contributed by atoms with van der Waals surface area (Å²) in [6, 6.07) is 12.4. The van der Waals surface area contributed by atoms with E-state index in [1.807, 2.05) is 6.07 Å². The lowest BCUT2D eigenvalue weighted by Gasteiger charge is -2.11. The smallest absolute Gasteiger partial charge is 0.130 e. The number of aliphatic hydroxyl groups is 1. The molecule has 1 heterocycles. The first-order valence-corrected chi connectivity index (χ1v) is 5.61. The highest BCUT2D eigenvalue weighted by atomic mass is 35.5. The number of hydrogen-bond donors (Lipinski definition) is 1. The van der Waals surface area contributed by atoms with Gasteiger partial charge in [-0.05, 0) is 30.3 Å². The van der Waals surface area contributed by atoms with Crippen molar-refractivity contribution >= 4 is 11.6 Å². The van der Waals surface area contributed by atoms with Crippen molar-refractivity contribution in [3.8, 4) is 5.75 Å². The molecule has 2 aromatic rings. The number of nitrogens with zero attached hydrogens (tertiary/aromatic N) is 1. The van der Waals surface area contributed by atoms with Gasteiger partial charge in [0.05, 0.1) is 5.69 Å². The number of aromatic nitrogens is 1. The normalized spacial score (nSPS) is 12.1. The summed E-state index contributed by atoms with van der Waals surface area (Å²) in [5.41, 5.74) is 0.592. The van der Waals surface area contributed by atoms with E-state index >= 15 is 0 Å². The molecule has 88 valence electrons. The minimum atomic E-state index is -0.741. The van der Waals surface area contributed by atoms with Crippen LogP contribution in [0.3, 0.4) is 0 Å². The molecule has 0 bridgehead atoms. The highest BCUT2D eigenvalue weighted by Gasteiger charge is 2.09. The molecule has 0 amide bonds.